The summed E-state index contributed by atoms with van der Waals surface area (Å²) in [6, 6.07) is 20.8. The lowest BCUT2D eigenvalue weighted by atomic mass is 10.2. The summed E-state index contributed by atoms with van der Waals surface area (Å²) >= 11 is 2.20. The van der Waals surface area contributed by atoms with Crippen LogP contribution in [0.25, 0.3) is 28.7 Å². The number of methoxy groups -OCH3 is 2. The van der Waals surface area contributed by atoms with Gasteiger partial charge in [0, 0.05) is 3.57 Å². The van der Waals surface area contributed by atoms with Crippen LogP contribution < -0.4 is 15.0 Å². The monoisotopic (exact) mass is 510 g/mol. The van der Waals surface area contributed by atoms with Crippen LogP contribution in [0.1, 0.15) is 11.4 Å². The molecule has 1 aromatic heterocycles. The number of rotatable bonds is 5. The molecule has 4 rings (SSSR count). The zero-order valence-electron chi connectivity index (χ0n) is 16.5. The fourth-order valence-corrected chi connectivity index (χ4v) is 3.71. The molecule has 30 heavy (non-hydrogen) atoms. The molecule has 0 aliphatic carbocycles. The van der Waals surface area contributed by atoms with E-state index in [1.807, 2.05) is 78.9 Å². The van der Waals surface area contributed by atoms with Crippen LogP contribution in [-0.4, -0.2) is 23.8 Å². The number of benzene rings is 3. The number of aromatic nitrogens is 2. The quantitative estimate of drug-likeness (QED) is 0.348. The molecule has 0 atom stereocenters. The third-order valence-corrected chi connectivity index (χ3v) is 5.39. The molecule has 0 unspecified atom stereocenters. The van der Waals surface area contributed by atoms with Crippen LogP contribution in [-0.2, 0) is 0 Å². The number of hydrogen-bond acceptors (Lipinski definition) is 4. The van der Waals surface area contributed by atoms with E-state index in [0.717, 1.165) is 14.9 Å². The molecular formula is C24H19IN2O3. The first kappa shape index (κ1) is 20.2. The molecule has 150 valence electrons. The van der Waals surface area contributed by atoms with E-state index >= 15 is 0 Å². The molecule has 0 saturated heterocycles. The molecule has 0 bridgehead atoms. The number of nitrogens with zero attached hydrogens (tertiary/aromatic N) is 2. The second-order valence-electron chi connectivity index (χ2n) is 6.55. The van der Waals surface area contributed by atoms with Gasteiger partial charge in [-0.25, -0.2) is 4.98 Å². The Morgan fingerprint density at radius 3 is 2.43 bits per heavy atom. The molecular weight excluding hydrogens is 491 g/mol. The highest BCUT2D eigenvalue weighted by Gasteiger charge is 2.14. The Bertz CT molecular complexity index is 1290. The first-order valence-electron chi connectivity index (χ1n) is 9.28. The maximum Gasteiger partial charge on any atom is 0.266 e. The summed E-state index contributed by atoms with van der Waals surface area (Å²) in [7, 11) is 3.23. The molecule has 0 spiro atoms. The molecule has 0 radical (unpaired) electrons. The van der Waals surface area contributed by atoms with Crippen molar-refractivity contribution in [2.75, 3.05) is 14.2 Å². The average Bonchev–Trinajstić information content (AvgIpc) is 2.78. The molecule has 1 heterocycles. The minimum absolute atomic E-state index is 0.141. The standard InChI is InChI=1S/C24H19IN2O3/c1-29-18-11-7-16(8-12-18)9-14-23-26-20-13-10-17(25)15-19(20)24(28)27(23)21-5-3-4-6-22(21)30-2/h3-15H,1-2H3. The Balaban J connectivity index is 1.93. The van der Waals surface area contributed by atoms with Gasteiger partial charge in [-0.2, -0.15) is 0 Å². The molecule has 0 amide bonds. The van der Waals surface area contributed by atoms with Crippen molar-refractivity contribution >= 4 is 45.6 Å². The van der Waals surface area contributed by atoms with Crippen molar-refractivity contribution in [3.63, 3.8) is 0 Å². The van der Waals surface area contributed by atoms with Gasteiger partial charge in [0.1, 0.15) is 17.3 Å². The summed E-state index contributed by atoms with van der Waals surface area (Å²) in [5.41, 5.74) is 2.13. The molecule has 0 fully saturated rings. The van der Waals surface area contributed by atoms with E-state index in [1.54, 1.807) is 18.8 Å². The fourth-order valence-electron chi connectivity index (χ4n) is 3.22. The number of hydrogen-bond donors (Lipinski definition) is 0. The molecule has 0 N–H and O–H groups in total. The molecule has 0 aliphatic rings. The number of ether oxygens (including phenoxy) is 2. The third kappa shape index (κ3) is 3.95. The zero-order chi connectivity index (χ0) is 21.1. The van der Waals surface area contributed by atoms with Crippen LogP contribution in [0.15, 0.2) is 71.5 Å². The minimum atomic E-state index is -0.141. The summed E-state index contributed by atoms with van der Waals surface area (Å²) in [5.74, 6) is 1.91. The Kier molecular flexibility index (Phi) is 5.85. The molecule has 6 heteroatoms. The van der Waals surface area contributed by atoms with Gasteiger partial charge in [0.05, 0.1) is 30.8 Å². The first-order valence-corrected chi connectivity index (χ1v) is 10.4. The minimum Gasteiger partial charge on any atom is -0.497 e. The number of fused-ring (bicyclic) bond motifs is 1. The largest absolute Gasteiger partial charge is 0.497 e. The van der Waals surface area contributed by atoms with Crippen molar-refractivity contribution in [1.82, 2.24) is 9.55 Å². The first-order chi connectivity index (χ1) is 14.6. The van der Waals surface area contributed by atoms with E-state index in [1.165, 1.54) is 0 Å². The summed E-state index contributed by atoms with van der Waals surface area (Å²) in [6.07, 6.45) is 3.76. The Morgan fingerprint density at radius 2 is 1.70 bits per heavy atom. The lowest BCUT2D eigenvalue weighted by Crippen LogP contribution is -2.23. The van der Waals surface area contributed by atoms with Gasteiger partial charge >= 0.3 is 0 Å². The van der Waals surface area contributed by atoms with Crippen molar-refractivity contribution in [1.29, 1.82) is 0 Å². The maximum atomic E-state index is 13.5. The lowest BCUT2D eigenvalue weighted by Gasteiger charge is -2.14. The van der Waals surface area contributed by atoms with Crippen molar-refractivity contribution in [3.05, 3.63) is 92.0 Å². The highest BCUT2D eigenvalue weighted by Crippen LogP contribution is 2.24. The Labute approximate surface area is 187 Å². The molecule has 3 aromatic carbocycles. The second-order valence-corrected chi connectivity index (χ2v) is 7.80. The number of para-hydroxylation sites is 2. The molecule has 0 saturated carbocycles. The summed E-state index contributed by atoms with van der Waals surface area (Å²) in [4.78, 5) is 18.2. The van der Waals surface area contributed by atoms with E-state index in [-0.39, 0.29) is 5.56 Å². The smallest absolute Gasteiger partial charge is 0.266 e. The van der Waals surface area contributed by atoms with Crippen LogP contribution in [0.5, 0.6) is 11.5 Å². The van der Waals surface area contributed by atoms with Crippen molar-refractivity contribution < 1.29 is 9.47 Å². The Hall–Kier alpha value is -3.13. The van der Waals surface area contributed by atoms with Gasteiger partial charge in [-0.3, -0.25) is 9.36 Å². The van der Waals surface area contributed by atoms with Crippen LogP contribution >= 0.6 is 22.6 Å². The predicted octanol–water partition coefficient (Wildman–Crippen LogP) is 5.18. The maximum absolute atomic E-state index is 13.5. The predicted molar refractivity (Wildman–Crippen MR) is 129 cm³/mol. The van der Waals surface area contributed by atoms with Gasteiger partial charge in [-0.1, -0.05) is 30.3 Å². The van der Waals surface area contributed by atoms with E-state index in [2.05, 4.69) is 22.6 Å². The topological polar surface area (TPSA) is 53.3 Å². The van der Waals surface area contributed by atoms with Crippen molar-refractivity contribution in [3.8, 4) is 17.2 Å². The van der Waals surface area contributed by atoms with Gasteiger partial charge < -0.3 is 9.47 Å². The zero-order valence-corrected chi connectivity index (χ0v) is 18.7. The SMILES string of the molecule is COc1ccc(C=Cc2nc3ccc(I)cc3c(=O)n2-c2ccccc2OC)cc1. The highest BCUT2D eigenvalue weighted by atomic mass is 127. The van der Waals surface area contributed by atoms with Gasteiger partial charge in [-0.15, -0.1) is 0 Å². The van der Waals surface area contributed by atoms with E-state index in [0.29, 0.717) is 28.2 Å². The van der Waals surface area contributed by atoms with E-state index < -0.39 is 0 Å². The fraction of sp³-hybridized carbons (Fsp3) is 0.0833. The highest BCUT2D eigenvalue weighted by molar-refractivity contribution is 14.1. The van der Waals surface area contributed by atoms with Crippen molar-refractivity contribution in [2.24, 2.45) is 0 Å². The second kappa shape index (κ2) is 8.71. The van der Waals surface area contributed by atoms with Gasteiger partial charge in [0.15, 0.2) is 0 Å². The normalized spacial score (nSPS) is 11.2. The van der Waals surface area contributed by atoms with Crippen molar-refractivity contribution in [2.45, 2.75) is 0 Å². The van der Waals surface area contributed by atoms with E-state index in [4.69, 9.17) is 14.5 Å². The number of halogens is 1. The summed E-state index contributed by atoms with van der Waals surface area (Å²) in [5, 5.41) is 0.564. The van der Waals surface area contributed by atoms with Gasteiger partial charge in [0.2, 0.25) is 0 Å². The lowest BCUT2D eigenvalue weighted by molar-refractivity contribution is 0.412. The van der Waals surface area contributed by atoms with Crippen LogP contribution in [0.4, 0.5) is 0 Å². The molecule has 4 aromatic rings. The van der Waals surface area contributed by atoms with E-state index in [9.17, 15) is 4.79 Å². The van der Waals surface area contributed by atoms with Crippen LogP contribution in [0.3, 0.4) is 0 Å². The third-order valence-electron chi connectivity index (χ3n) is 4.72. The van der Waals surface area contributed by atoms with Gasteiger partial charge in [-0.05, 0) is 76.7 Å². The van der Waals surface area contributed by atoms with Crippen LogP contribution in [0, 0.1) is 3.57 Å². The van der Waals surface area contributed by atoms with Crippen LogP contribution in [0.2, 0.25) is 0 Å². The molecule has 0 aliphatic heterocycles. The Morgan fingerprint density at radius 1 is 0.933 bits per heavy atom. The van der Waals surface area contributed by atoms with Gasteiger partial charge in [0.25, 0.3) is 5.56 Å². The summed E-state index contributed by atoms with van der Waals surface area (Å²) < 4.78 is 13.3. The average molecular weight is 510 g/mol. The summed E-state index contributed by atoms with van der Waals surface area (Å²) in [6.45, 7) is 0. The molecule has 5 nitrogen and oxygen atoms in total.